The minimum absolute atomic E-state index is 0.0114. The standard InChI is InChI=1S/C28H20F5N3O6/c29-27(30,31)25-19-2-1-3-21(40-18-7-5-16(6-8-18)26(37)38)24(19)36(35-25)17-10-11-34-23(13-17)39-14-15-4-9-20-22(12-15)42-28(32,33)41-20/h4-13,21H,1-3,14H2,(H,37,38). The molecule has 2 aromatic carbocycles. The van der Waals surface area contributed by atoms with Crippen LogP contribution in [0.1, 0.15) is 51.8 Å². The third-order valence-corrected chi connectivity index (χ3v) is 6.68. The molecule has 0 spiro atoms. The number of rotatable bonds is 7. The lowest BCUT2D eigenvalue weighted by Gasteiger charge is -2.26. The zero-order chi connectivity index (χ0) is 29.6. The van der Waals surface area contributed by atoms with Crippen molar-refractivity contribution >= 4 is 5.97 Å². The molecule has 14 heteroatoms. The van der Waals surface area contributed by atoms with Crippen LogP contribution in [0.3, 0.4) is 0 Å². The lowest BCUT2D eigenvalue weighted by Crippen LogP contribution is -2.25. The first kappa shape index (κ1) is 27.3. The second-order valence-electron chi connectivity index (χ2n) is 9.54. The highest BCUT2D eigenvalue weighted by Crippen LogP contribution is 2.43. The zero-order valence-corrected chi connectivity index (χ0v) is 21.4. The van der Waals surface area contributed by atoms with Gasteiger partial charge >= 0.3 is 18.4 Å². The minimum Gasteiger partial charge on any atom is -0.484 e. The van der Waals surface area contributed by atoms with E-state index in [4.69, 9.17) is 14.6 Å². The average molecular weight is 589 g/mol. The van der Waals surface area contributed by atoms with Gasteiger partial charge in [-0.3, -0.25) is 0 Å². The molecule has 0 radical (unpaired) electrons. The number of hydrogen-bond acceptors (Lipinski definition) is 7. The number of carboxylic acid groups (broad SMARTS) is 1. The molecule has 0 fully saturated rings. The molecule has 0 saturated heterocycles. The van der Waals surface area contributed by atoms with Crippen molar-refractivity contribution in [2.75, 3.05) is 0 Å². The Bertz CT molecular complexity index is 1650. The van der Waals surface area contributed by atoms with Crippen molar-refractivity contribution in [1.29, 1.82) is 0 Å². The second kappa shape index (κ2) is 10.2. The van der Waals surface area contributed by atoms with E-state index >= 15 is 0 Å². The van der Waals surface area contributed by atoms with Crippen molar-refractivity contribution in [2.45, 2.75) is 44.4 Å². The van der Waals surface area contributed by atoms with Gasteiger partial charge in [0.05, 0.1) is 16.9 Å². The molecule has 0 saturated carbocycles. The Balaban J connectivity index is 1.29. The first-order chi connectivity index (χ1) is 20.0. The molecule has 1 atom stereocenters. The van der Waals surface area contributed by atoms with E-state index in [9.17, 15) is 26.7 Å². The van der Waals surface area contributed by atoms with Gasteiger partial charge in [-0.2, -0.15) is 18.3 Å². The Morgan fingerprint density at radius 3 is 2.57 bits per heavy atom. The van der Waals surface area contributed by atoms with Crippen LogP contribution in [0.25, 0.3) is 5.69 Å². The zero-order valence-electron chi connectivity index (χ0n) is 21.4. The van der Waals surface area contributed by atoms with E-state index in [-0.39, 0.29) is 52.9 Å². The Morgan fingerprint density at radius 2 is 1.83 bits per heavy atom. The first-order valence-electron chi connectivity index (χ1n) is 12.6. The van der Waals surface area contributed by atoms with Crippen molar-refractivity contribution < 1.29 is 50.8 Å². The topological polar surface area (TPSA) is 105 Å². The number of carboxylic acids is 1. The first-order valence-corrected chi connectivity index (χ1v) is 12.6. The van der Waals surface area contributed by atoms with Gasteiger partial charge in [-0.05, 0) is 67.3 Å². The smallest absolute Gasteiger partial charge is 0.484 e. The summed E-state index contributed by atoms with van der Waals surface area (Å²) in [5.74, 6) is -1.06. The van der Waals surface area contributed by atoms with Crippen molar-refractivity contribution in [3.63, 3.8) is 0 Å². The molecule has 1 aliphatic carbocycles. The second-order valence-corrected chi connectivity index (χ2v) is 9.54. The van der Waals surface area contributed by atoms with Gasteiger partial charge in [-0.15, -0.1) is 8.78 Å². The Kier molecular flexibility index (Phi) is 6.62. The summed E-state index contributed by atoms with van der Waals surface area (Å²) in [6.45, 7) is -0.109. The maximum atomic E-state index is 14.0. The number of halogens is 5. The van der Waals surface area contributed by atoms with Crippen molar-refractivity contribution in [3.05, 3.63) is 88.9 Å². The molecular formula is C28H20F5N3O6. The van der Waals surface area contributed by atoms with Gasteiger partial charge < -0.3 is 24.1 Å². The van der Waals surface area contributed by atoms with Crippen LogP contribution in [-0.2, 0) is 19.2 Å². The monoisotopic (exact) mass is 589 g/mol. The normalized spacial score (nSPS) is 17.0. The molecule has 1 unspecified atom stereocenters. The number of aromatic nitrogens is 3. The van der Waals surface area contributed by atoms with Gasteiger partial charge in [0.15, 0.2) is 17.2 Å². The summed E-state index contributed by atoms with van der Waals surface area (Å²) < 4.78 is 90.5. The molecule has 42 heavy (non-hydrogen) atoms. The van der Waals surface area contributed by atoms with Gasteiger partial charge in [0.2, 0.25) is 5.88 Å². The van der Waals surface area contributed by atoms with Crippen molar-refractivity contribution in [1.82, 2.24) is 14.8 Å². The number of carbonyl (C=O) groups is 1. The van der Waals surface area contributed by atoms with Gasteiger partial charge in [0.1, 0.15) is 18.5 Å². The Labute approximate surface area is 234 Å². The summed E-state index contributed by atoms with van der Waals surface area (Å²) in [7, 11) is 0. The van der Waals surface area contributed by atoms with Crippen LogP contribution in [0.5, 0.6) is 23.1 Å². The molecule has 6 rings (SSSR count). The molecule has 0 bridgehead atoms. The lowest BCUT2D eigenvalue weighted by molar-refractivity contribution is -0.286. The number of fused-ring (bicyclic) bond motifs is 2. The lowest BCUT2D eigenvalue weighted by atomic mass is 9.93. The number of pyridine rings is 1. The summed E-state index contributed by atoms with van der Waals surface area (Å²) >= 11 is 0. The Morgan fingerprint density at radius 1 is 1.07 bits per heavy atom. The van der Waals surface area contributed by atoms with Gasteiger partial charge in [0.25, 0.3) is 0 Å². The molecule has 2 aliphatic rings. The molecule has 1 aliphatic heterocycles. The fourth-order valence-electron chi connectivity index (χ4n) is 4.87. The number of nitrogens with zero attached hydrogens (tertiary/aromatic N) is 3. The Hall–Kier alpha value is -4.88. The van der Waals surface area contributed by atoms with E-state index in [1.165, 1.54) is 60.8 Å². The average Bonchev–Trinajstić information content (AvgIpc) is 3.49. The van der Waals surface area contributed by atoms with Crippen molar-refractivity contribution in [2.24, 2.45) is 0 Å². The molecule has 9 nitrogen and oxygen atoms in total. The quantitative estimate of drug-likeness (QED) is 0.249. The molecule has 1 N–H and O–H groups in total. The predicted molar refractivity (Wildman–Crippen MR) is 133 cm³/mol. The molecule has 2 aromatic heterocycles. The molecule has 0 amide bonds. The summed E-state index contributed by atoms with van der Waals surface area (Å²) in [6.07, 6.45) is -6.99. The number of ether oxygens (including phenoxy) is 4. The van der Waals surface area contributed by atoms with E-state index in [2.05, 4.69) is 19.6 Å². The van der Waals surface area contributed by atoms with Crippen LogP contribution in [0, 0.1) is 0 Å². The summed E-state index contributed by atoms with van der Waals surface area (Å²) in [5, 5.41) is 13.1. The molecule has 218 valence electrons. The maximum Gasteiger partial charge on any atom is 0.586 e. The minimum atomic E-state index is -4.72. The van der Waals surface area contributed by atoms with Crippen LogP contribution < -0.4 is 18.9 Å². The van der Waals surface area contributed by atoms with Crippen LogP contribution in [0.4, 0.5) is 22.0 Å². The van der Waals surface area contributed by atoms with Crippen LogP contribution in [0.2, 0.25) is 0 Å². The molecule has 3 heterocycles. The summed E-state index contributed by atoms with van der Waals surface area (Å²) in [6, 6.07) is 12.6. The van der Waals surface area contributed by atoms with Crippen molar-refractivity contribution in [3.8, 4) is 28.8 Å². The summed E-state index contributed by atoms with van der Waals surface area (Å²) in [5.41, 5.74) is -0.0705. The van der Waals surface area contributed by atoms with Gasteiger partial charge in [-0.25, -0.2) is 14.5 Å². The number of alkyl halides is 5. The van der Waals surface area contributed by atoms with E-state index in [1.54, 1.807) is 0 Å². The predicted octanol–water partition coefficient (Wildman–Crippen LogP) is 6.34. The van der Waals surface area contributed by atoms with E-state index < -0.39 is 30.2 Å². The van der Waals surface area contributed by atoms with Crippen LogP contribution in [-0.4, -0.2) is 32.1 Å². The van der Waals surface area contributed by atoms with Crippen LogP contribution in [0.15, 0.2) is 60.8 Å². The third kappa shape index (κ3) is 5.39. The highest BCUT2D eigenvalue weighted by molar-refractivity contribution is 5.87. The number of hydrogen-bond donors (Lipinski definition) is 1. The van der Waals surface area contributed by atoms with Gasteiger partial charge in [-0.1, -0.05) is 6.07 Å². The number of aromatic carboxylic acids is 1. The van der Waals surface area contributed by atoms with E-state index in [1.807, 2.05) is 0 Å². The molecule has 4 aromatic rings. The fraction of sp³-hybridized carbons (Fsp3) is 0.250. The van der Waals surface area contributed by atoms with Crippen LogP contribution >= 0.6 is 0 Å². The third-order valence-electron chi connectivity index (χ3n) is 6.68. The SMILES string of the molecule is O=C(O)c1ccc(OC2CCCc3c(C(F)(F)F)nn(-c4ccnc(OCc5ccc6c(c5)OC(F)(F)O6)c4)c32)cc1. The molecular weight excluding hydrogens is 569 g/mol. The fourth-order valence-corrected chi connectivity index (χ4v) is 4.87. The summed E-state index contributed by atoms with van der Waals surface area (Å²) in [4.78, 5) is 15.3. The van der Waals surface area contributed by atoms with Gasteiger partial charge in [0, 0.05) is 17.8 Å². The largest absolute Gasteiger partial charge is 0.586 e. The highest BCUT2D eigenvalue weighted by atomic mass is 19.4. The van der Waals surface area contributed by atoms with E-state index in [0.29, 0.717) is 24.2 Å². The maximum absolute atomic E-state index is 14.0. The van der Waals surface area contributed by atoms with E-state index in [0.717, 1.165) is 4.68 Å². The number of benzene rings is 2. The highest BCUT2D eigenvalue weighted by Gasteiger charge is 2.44.